The van der Waals surface area contributed by atoms with E-state index < -0.39 is 0 Å². The Balaban J connectivity index is 1.72. The van der Waals surface area contributed by atoms with Crippen LogP contribution >= 0.6 is 0 Å². The third kappa shape index (κ3) is 4.02. The Labute approximate surface area is 153 Å². The molecule has 136 valence electrons. The third-order valence-corrected chi connectivity index (χ3v) is 4.58. The zero-order valence-corrected chi connectivity index (χ0v) is 15.1. The fraction of sp³-hybridized carbons (Fsp3) is 0.350. The highest BCUT2D eigenvalue weighted by molar-refractivity contribution is 5.94. The molecule has 1 N–H and O–H groups in total. The standard InChI is InChI=1S/C20H23N3O3/c1-14(24)21-12-15-5-10-18(22-13-15)19-4-3-11-23(19)20(25)16-6-8-17(26-2)9-7-16/h5-10,13,19H,3-4,11-12H2,1-2H3,(H,21,24)/t19-/m0/s1. The van der Waals surface area contributed by atoms with Gasteiger partial charge in [-0.15, -0.1) is 0 Å². The summed E-state index contributed by atoms with van der Waals surface area (Å²) >= 11 is 0. The normalized spacial score (nSPS) is 16.4. The summed E-state index contributed by atoms with van der Waals surface area (Å²) in [5, 5.41) is 2.75. The van der Waals surface area contributed by atoms with Crippen LogP contribution in [0.4, 0.5) is 0 Å². The molecular weight excluding hydrogens is 330 g/mol. The molecule has 3 rings (SSSR count). The first kappa shape index (κ1) is 17.9. The Morgan fingerprint density at radius 3 is 2.62 bits per heavy atom. The van der Waals surface area contributed by atoms with Gasteiger partial charge in [-0.25, -0.2) is 0 Å². The number of hydrogen-bond acceptors (Lipinski definition) is 4. The molecule has 0 bridgehead atoms. The maximum atomic E-state index is 12.9. The highest BCUT2D eigenvalue weighted by atomic mass is 16.5. The Bertz CT molecular complexity index is 772. The molecule has 1 aliphatic rings. The molecule has 1 saturated heterocycles. The van der Waals surface area contributed by atoms with Gasteiger partial charge >= 0.3 is 0 Å². The highest BCUT2D eigenvalue weighted by Crippen LogP contribution is 2.32. The lowest BCUT2D eigenvalue weighted by Gasteiger charge is -2.24. The van der Waals surface area contributed by atoms with Gasteiger partial charge in [0.1, 0.15) is 5.75 Å². The summed E-state index contributed by atoms with van der Waals surface area (Å²) in [5.74, 6) is 0.677. The van der Waals surface area contributed by atoms with Crippen LogP contribution in [0.15, 0.2) is 42.6 Å². The van der Waals surface area contributed by atoms with E-state index in [1.807, 2.05) is 17.0 Å². The summed E-state index contributed by atoms with van der Waals surface area (Å²) in [4.78, 5) is 30.3. The fourth-order valence-electron chi connectivity index (χ4n) is 3.18. The van der Waals surface area contributed by atoms with Gasteiger partial charge in [0.25, 0.3) is 5.91 Å². The molecule has 0 aliphatic carbocycles. The van der Waals surface area contributed by atoms with Crippen LogP contribution in [0.3, 0.4) is 0 Å². The van der Waals surface area contributed by atoms with Crippen molar-refractivity contribution in [2.45, 2.75) is 32.4 Å². The number of likely N-dealkylation sites (tertiary alicyclic amines) is 1. The maximum absolute atomic E-state index is 12.9. The van der Waals surface area contributed by atoms with E-state index >= 15 is 0 Å². The van der Waals surface area contributed by atoms with Crippen LogP contribution in [-0.2, 0) is 11.3 Å². The smallest absolute Gasteiger partial charge is 0.254 e. The average molecular weight is 353 g/mol. The second kappa shape index (κ2) is 7.99. The number of carbonyl (C=O) groups excluding carboxylic acids is 2. The molecule has 2 amide bonds. The number of methoxy groups -OCH3 is 1. The van der Waals surface area contributed by atoms with E-state index in [2.05, 4.69) is 10.3 Å². The lowest BCUT2D eigenvalue weighted by molar-refractivity contribution is -0.119. The molecule has 1 aromatic carbocycles. The summed E-state index contributed by atoms with van der Waals surface area (Å²) in [7, 11) is 1.61. The van der Waals surface area contributed by atoms with Gasteiger partial charge in [0.15, 0.2) is 0 Å². The van der Waals surface area contributed by atoms with Crippen LogP contribution in [0.25, 0.3) is 0 Å². The lowest BCUT2D eigenvalue weighted by atomic mass is 10.1. The molecule has 0 spiro atoms. The first-order chi connectivity index (χ1) is 12.6. The van der Waals surface area contributed by atoms with Gasteiger partial charge in [-0.3, -0.25) is 14.6 Å². The SMILES string of the molecule is COc1ccc(C(=O)N2CCC[C@H]2c2ccc(CNC(C)=O)cn2)cc1. The van der Waals surface area contributed by atoms with Crippen molar-refractivity contribution in [3.63, 3.8) is 0 Å². The largest absolute Gasteiger partial charge is 0.497 e. The van der Waals surface area contributed by atoms with Gasteiger partial charge in [-0.1, -0.05) is 6.07 Å². The topological polar surface area (TPSA) is 71.5 Å². The van der Waals surface area contributed by atoms with E-state index in [4.69, 9.17) is 4.74 Å². The second-order valence-corrected chi connectivity index (χ2v) is 6.39. The highest BCUT2D eigenvalue weighted by Gasteiger charge is 2.31. The van der Waals surface area contributed by atoms with Crippen molar-refractivity contribution >= 4 is 11.8 Å². The van der Waals surface area contributed by atoms with E-state index in [1.165, 1.54) is 6.92 Å². The average Bonchev–Trinajstić information content (AvgIpc) is 3.16. The first-order valence-corrected chi connectivity index (χ1v) is 8.73. The molecule has 0 radical (unpaired) electrons. The van der Waals surface area contributed by atoms with Crippen molar-refractivity contribution in [1.29, 1.82) is 0 Å². The van der Waals surface area contributed by atoms with E-state index in [1.54, 1.807) is 37.6 Å². The molecule has 1 aromatic heterocycles. The summed E-state index contributed by atoms with van der Waals surface area (Å²) in [5.41, 5.74) is 2.48. The summed E-state index contributed by atoms with van der Waals surface area (Å²) < 4.78 is 5.15. The van der Waals surface area contributed by atoms with Gasteiger partial charge in [0.05, 0.1) is 18.8 Å². The summed E-state index contributed by atoms with van der Waals surface area (Å²) in [6.07, 6.45) is 3.63. The van der Waals surface area contributed by atoms with E-state index in [0.717, 1.165) is 36.4 Å². The zero-order chi connectivity index (χ0) is 18.5. The van der Waals surface area contributed by atoms with E-state index in [9.17, 15) is 9.59 Å². The van der Waals surface area contributed by atoms with E-state index in [0.29, 0.717) is 12.1 Å². The van der Waals surface area contributed by atoms with Gasteiger partial charge in [-0.2, -0.15) is 0 Å². The molecule has 1 atom stereocenters. The van der Waals surface area contributed by atoms with Crippen molar-refractivity contribution in [2.75, 3.05) is 13.7 Å². The zero-order valence-electron chi connectivity index (χ0n) is 15.1. The lowest BCUT2D eigenvalue weighted by Crippen LogP contribution is -2.31. The molecule has 6 nitrogen and oxygen atoms in total. The molecular formula is C20H23N3O3. The number of pyridine rings is 1. The van der Waals surface area contributed by atoms with Crippen LogP contribution in [0.2, 0.25) is 0 Å². The van der Waals surface area contributed by atoms with Crippen LogP contribution in [0, 0.1) is 0 Å². The number of benzene rings is 1. The number of nitrogens with one attached hydrogen (secondary N) is 1. The maximum Gasteiger partial charge on any atom is 0.254 e. The molecule has 2 aromatic rings. The number of ether oxygens (including phenoxy) is 1. The Hall–Kier alpha value is -2.89. The number of amides is 2. The molecule has 2 heterocycles. The summed E-state index contributed by atoms with van der Waals surface area (Å²) in [6.45, 7) is 2.68. The number of aromatic nitrogens is 1. The van der Waals surface area contributed by atoms with Crippen LogP contribution < -0.4 is 10.1 Å². The van der Waals surface area contributed by atoms with Crippen molar-refractivity contribution in [2.24, 2.45) is 0 Å². The minimum Gasteiger partial charge on any atom is -0.497 e. The number of hydrogen-bond donors (Lipinski definition) is 1. The van der Waals surface area contributed by atoms with Gasteiger partial charge in [0, 0.05) is 31.8 Å². The minimum absolute atomic E-state index is 0.0132. The quantitative estimate of drug-likeness (QED) is 0.897. The Morgan fingerprint density at radius 1 is 1.23 bits per heavy atom. The van der Waals surface area contributed by atoms with Crippen LogP contribution in [-0.4, -0.2) is 35.4 Å². The minimum atomic E-state index is -0.0684. The molecule has 6 heteroatoms. The number of carbonyl (C=O) groups is 2. The second-order valence-electron chi connectivity index (χ2n) is 6.39. The van der Waals surface area contributed by atoms with Gasteiger partial charge in [-0.05, 0) is 48.7 Å². The van der Waals surface area contributed by atoms with Crippen molar-refractivity contribution in [3.05, 3.63) is 59.4 Å². The molecule has 1 fully saturated rings. The predicted molar refractivity (Wildman–Crippen MR) is 97.8 cm³/mol. The van der Waals surface area contributed by atoms with Crippen LogP contribution in [0.5, 0.6) is 5.75 Å². The monoisotopic (exact) mass is 353 g/mol. The van der Waals surface area contributed by atoms with Gasteiger partial charge in [0.2, 0.25) is 5.91 Å². The molecule has 1 aliphatic heterocycles. The third-order valence-electron chi connectivity index (χ3n) is 4.58. The molecule has 0 unspecified atom stereocenters. The first-order valence-electron chi connectivity index (χ1n) is 8.73. The van der Waals surface area contributed by atoms with Crippen molar-refractivity contribution in [1.82, 2.24) is 15.2 Å². The molecule has 26 heavy (non-hydrogen) atoms. The van der Waals surface area contributed by atoms with Crippen molar-refractivity contribution < 1.29 is 14.3 Å². The molecule has 0 saturated carbocycles. The van der Waals surface area contributed by atoms with Crippen LogP contribution in [0.1, 0.15) is 47.4 Å². The Kier molecular flexibility index (Phi) is 5.51. The van der Waals surface area contributed by atoms with Crippen molar-refractivity contribution in [3.8, 4) is 5.75 Å². The van der Waals surface area contributed by atoms with E-state index in [-0.39, 0.29) is 17.9 Å². The fourth-order valence-corrected chi connectivity index (χ4v) is 3.18. The summed E-state index contributed by atoms with van der Waals surface area (Å²) in [6, 6.07) is 11.1. The van der Waals surface area contributed by atoms with Gasteiger partial charge < -0.3 is 15.0 Å². The number of nitrogens with zero attached hydrogens (tertiary/aromatic N) is 2. The number of rotatable bonds is 5. The predicted octanol–water partition coefficient (Wildman–Crippen LogP) is 2.70. The Morgan fingerprint density at radius 2 is 2.00 bits per heavy atom.